The van der Waals surface area contributed by atoms with Crippen LogP contribution in [0.3, 0.4) is 0 Å². The molecule has 1 atom stereocenters. The molecule has 1 spiro atoms. The molecule has 0 amide bonds. The van der Waals surface area contributed by atoms with Crippen LogP contribution in [-0.4, -0.2) is 4.57 Å². The van der Waals surface area contributed by atoms with Gasteiger partial charge in [-0.1, -0.05) is 212 Å². The topological polar surface area (TPSA) is 4.93 Å². The summed E-state index contributed by atoms with van der Waals surface area (Å²) in [7, 11) is 0. The van der Waals surface area contributed by atoms with E-state index < -0.39 is 0 Å². The fourth-order valence-electron chi connectivity index (χ4n) is 11.2. The molecule has 0 N–H and O–H groups in total. The number of para-hydroxylation sites is 2. The van der Waals surface area contributed by atoms with Crippen molar-refractivity contribution in [3.63, 3.8) is 0 Å². The van der Waals surface area contributed by atoms with Gasteiger partial charge in [-0.15, -0.1) is 0 Å². The van der Waals surface area contributed by atoms with Crippen LogP contribution in [0.15, 0.2) is 243 Å². The van der Waals surface area contributed by atoms with Gasteiger partial charge in [0, 0.05) is 22.4 Å². The summed E-state index contributed by atoms with van der Waals surface area (Å²) in [6.07, 6.45) is 0. The van der Waals surface area contributed by atoms with Crippen LogP contribution in [0.5, 0.6) is 0 Å². The van der Waals surface area contributed by atoms with Gasteiger partial charge in [-0.3, -0.25) is 0 Å². The number of benzene rings is 10. The molecule has 11 aromatic rings. The third-order valence-electron chi connectivity index (χ3n) is 14.0. The predicted octanol–water partition coefficient (Wildman–Crippen LogP) is 15.6. The number of rotatable bonds is 6. The van der Waals surface area contributed by atoms with Gasteiger partial charge >= 0.3 is 0 Å². The van der Waals surface area contributed by atoms with E-state index in [2.05, 4.69) is 247 Å². The highest BCUT2D eigenvalue weighted by molar-refractivity contribution is 6.10. The largest absolute Gasteiger partial charge is 0.309 e. The molecule has 1 heterocycles. The second-order valence-electron chi connectivity index (χ2n) is 17.2. The average Bonchev–Trinajstić information content (AvgIpc) is 3.96. The van der Waals surface area contributed by atoms with Crippen LogP contribution in [0.1, 0.15) is 44.9 Å². The molecule has 63 heavy (non-hydrogen) atoms. The van der Waals surface area contributed by atoms with Crippen LogP contribution in [0, 0.1) is 0 Å². The Balaban J connectivity index is 0.873. The maximum absolute atomic E-state index is 2.54. The number of fused-ring (bicyclic) bond motifs is 13. The van der Waals surface area contributed by atoms with E-state index in [0.717, 1.165) is 0 Å². The van der Waals surface area contributed by atoms with E-state index in [1.54, 1.807) is 0 Å². The molecule has 294 valence electrons. The molecule has 0 radical (unpaired) electrons. The second kappa shape index (κ2) is 14.0. The van der Waals surface area contributed by atoms with Crippen LogP contribution in [0.2, 0.25) is 0 Å². The van der Waals surface area contributed by atoms with Crippen LogP contribution in [-0.2, 0) is 5.41 Å². The van der Waals surface area contributed by atoms with E-state index >= 15 is 0 Å². The monoisotopic (exact) mass is 799 g/mol. The van der Waals surface area contributed by atoms with E-state index in [9.17, 15) is 0 Å². The molecule has 0 saturated carbocycles. The van der Waals surface area contributed by atoms with Gasteiger partial charge in [0.1, 0.15) is 0 Å². The number of aromatic nitrogens is 1. The van der Waals surface area contributed by atoms with Crippen molar-refractivity contribution in [3.8, 4) is 50.2 Å². The molecule has 1 heteroatoms. The SMILES string of the molecule is c1ccc(C(c2ccc(-c3ccc(-c4ccc5c(c4)c4ccccc4n5-c4ccccc4)cc3)cc2)c2ccc3c(c2)C2(c4ccccc4-c4ccccc42)c2ccccc2-3)cc1. The van der Waals surface area contributed by atoms with Crippen molar-refractivity contribution >= 4 is 21.8 Å². The fraction of sp³-hybridized carbons (Fsp3) is 0.0323. The highest BCUT2D eigenvalue weighted by Crippen LogP contribution is 2.63. The van der Waals surface area contributed by atoms with Crippen molar-refractivity contribution in [2.75, 3.05) is 0 Å². The Kier molecular flexibility index (Phi) is 7.95. The second-order valence-corrected chi connectivity index (χ2v) is 17.2. The molecule has 10 aromatic carbocycles. The lowest BCUT2D eigenvalue weighted by atomic mass is 9.70. The molecular formula is C62H41N. The molecule has 0 saturated heterocycles. The standard InChI is InChI=1S/C62H41N/c1-3-15-44(16-4-1)61(47-35-37-52-51-21-9-13-25-57(51)62(58(52)40-47)55-23-11-7-19-49(55)50-20-8-12-24-56(50)62)45-33-31-42(32-34-45)41-27-29-43(30-28-41)46-36-38-60-54(39-46)53-22-10-14-26-59(53)63(60)48-17-5-2-6-18-48/h1-40,61H. The molecule has 2 aliphatic rings. The van der Waals surface area contributed by atoms with Gasteiger partial charge in [0.2, 0.25) is 0 Å². The minimum atomic E-state index is -0.376. The lowest BCUT2D eigenvalue weighted by molar-refractivity contribution is 0.789. The Labute approximate surface area is 367 Å². The minimum Gasteiger partial charge on any atom is -0.309 e. The Morgan fingerprint density at radius 2 is 0.730 bits per heavy atom. The fourth-order valence-corrected chi connectivity index (χ4v) is 11.2. The van der Waals surface area contributed by atoms with Crippen molar-refractivity contribution < 1.29 is 0 Å². The number of nitrogens with zero attached hydrogens (tertiary/aromatic N) is 1. The van der Waals surface area contributed by atoms with E-state index in [0.29, 0.717) is 0 Å². The Morgan fingerprint density at radius 1 is 0.286 bits per heavy atom. The number of hydrogen-bond acceptors (Lipinski definition) is 0. The average molecular weight is 800 g/mol. The van der Waals surface area contributed by atoms with Crippen molar-refractivity contribution in [2.24, 2.45) is 0 Å². The minimum absolute atomic E-state index is 0.0586. The van der Waals surface area contributed by atoms with Crippen LogP contribution >= 0.6 is 0 Å². The highest BCUT2D eigenvalue weighted by Gasteiger charge is 2.51. The maximum Gasteiger partial charge on any atom is 0.0725 e. The molecule has 0 fully saturated rings. The normalized spacial score (nSPS) is 13.5. The Morgan fingerprint density at radius 3 is 1.37 bits per heavy atom. The molecule has 2 aliphatic carbocycles. The van der Waals surface area contributed by atoms with Crippen molar-refractivity contribution in [1.82, 2.24) is 4.57 Å². The summed E-state index contributed by atoms with van der Waals surface area (Å²) >= 11 is 0. The number of hydrogen-bond donors (Lipinski definition) is 0. The lowest BCUT2D eigenvalue weighted by Gasteiger charge is -2.31. The first-order chi connectivity index (χ1) is 31.3. The van der Waals surface area contributed by atoms with Gasteiger partial charge in [0.25, 0.3) is 0 Å². The van der Waals surface area contributed by atoms with Gasteiger partial charge in [0.05, 0.1) is 16.4 Å². The first-order valence-electron chi connectivity index (χ1n) is 22.0. The van der Waals surface area contributed by atoms with E-state index in [4.69, 9.17) is 0 Å². The summed E-state index contributed by atoms with van der Waals surface area (Å²) in [4.78, 5) is 0. The molecule has 1 nitrogen and oxygen atoms in total. The molecule has 1 unspecified atom stereocenters. The summed E-state index contributed by atoms with van der Waals surface area (Å²) < 4.78 is 2.37. The lowest BCUT2D eigenvalue weighted by Crippen LogP contribution is -2.26. The van der Waals surface area contributed by atoms with E-state index in [-0.39, 0.29) is 11.3 Å². The van der Waals surface area contributed by atoms with Crippen molar-refractivity contribution in [2.45, 2.75) is 11.3 Å². The molecule has 1 aromatic heterocycles. The summed E-state index contributed by atoms with van der Waals surface area (Å²) in [5.74, 6) is 0.0586. The smallest absolute Gasteiger partial charge is 0.0725 e. The quantitative estimate of drug-likeness (QED) is 0.148. The molecule has 0 bridgehead atoms. The highest BCUT2D eigenvalue weighted by atomic mass is 15.0. The summed E-state index contributed by atoms with van der Waals surface area (Å²) in [6, 6.07) is 90.2. The van der Waals surface area contributed by atoms with Crippen LogP contribution in [0.4, 0.5) is 0 Å². The zero-order valence-corrected chi connectivity index (χ0v) is 34.6. The first kappa shape index (κ1) is 35.7. The van der Waals surface area contributed by atoms with E-state index in [1.165, 1.54) is 111 Å². The predicted molar refractivity (Wildman–Crippen MR) is 262 cm³/mol. The van der Waals surface area contributed by atoms with Gasteiger partial charge in [0.15, 0.2) is 0 Å². The van der Waals surface area contributed by atoms with E-state index in [1.807, 2.05) is 0 Å². The van der Waals surface area contributed by atoms with Gasteiger partial charge in [-0.25, -0.2) is 0 Å². The Hall–Kier alpha value is -8.00. The zero-order chi connectivity index (χ0) is 41.5. The maximum atomic E-state index is 2.54. The van der Waals surface area contributed by atoms with Crippen LogP contribution in [0.25, 0.3) is 72.0 Å². The van der Waals surface area contributed by atoms with Crippen LogP contribution < -0.4 is 0 Å². The molecule has 0 aliphatic heterocycles. The van der Waals surface area contributed by atoms with Gasteiger partial charge in [-0.2, -0.15) is 0 Å². The summed E-state index contributed by atoms with van der Waals surface area (Å²) in [6.45, 7) is 0. The first-order valence-corrected chi connectivity index (χ1v) is 22.0. The molecule has 13 rings (SSSR count). The third kappa shape index (κ3) is 5.30. The van der Waals surface area contributed by atoms with Gasteiger partial charge in [-0.05, 0) is 114 Å². The van der Waals surface area contributed by atoms with Crippen molar-refractivity contribution in [3.05, 3.63) is 282 Å². The molecular weight excluding hydrogens is 759 g/mol. The summed E-state index contributed by atoms with van der Waals surface area (Å²) in [5, 5.41) is 2.53. The Bertz CT molecular complexity index is 3480. The third-order valence-corrected chi connectivity index (χ3v) is 14.0. The summed E-state index contributed by atoms with van der Waals surface area (Å²) in [5.41, 5.74) is 22.8. The zero-order valence-electron chi connectivity index (χ0n) is 34.6. The van der Waals surface area contributed by atoms with Gasteiger partial charge < -0.3 is 4.57 Å². The van der Waals surface area contributed by atoms with Crippen molar-refractivity contribution in [1.29, 1.82) is 0 Å².